The van der Waals surface area contributed by atoms with E-state index in [1.54, 1.807) is 6.92 Å². The first kappa shape index (κ1) is 21.8. The summed E-state index contributed by atoms with van der Waals surface area (Å²) in [5, 5.41) is 0.0274. The molecule has 0 aromatic heterocycles. The van der Waals surface area contributed by atoms with E-state index in [4.69, 9.17) is 18.6 Å². The SMILES string of the molecule is CC(=O)O[C@@H]1[C@@H](OC(C)=O)[C@@H](I)[C@@H](O[Si](C)(C)C(C)(C)C)O[C@H]1C. The topological polar surface area (TPSA) is 71.1 Å². The molecule has 0 saturated carbocycles. The zero-order chi connectivity index (χ0) is 18.9. The van der Waals surface area contributed by atoms with Crippen molar-refractivity contribution in [3.63, 3.8) is 0 Å². The third-order valence-corrected chi connectivity index (χ3v) is 10.3. The van der Waals surface area contributed by atoms with Gasteiger partial charge in [0.1, 0.15) is 3.92 Å². The Hall–Kier alpha value is -0.193. The van der Waals surface area contributed by atoms with E-state index in [1.165, 1.54) is 13.8 Å². The predicted octanol–water partition coefficient (Wildman–Crippen LogP) is 3.42. The number of halogens is 1. The van der Waals surface area contributed by atoms with E-state index in [9.17, 15) is 9.59 Å². The van der Waals surface area contributed by atoms with Crippen LogP contribution in [-0.2, 0) is 28.2 Å². The maximum absolute atomic E-state index is 11.5. The smallest absolute Gasteiger partial charge is 0.303 e. The van der Waals surface area contributed by atoms with Crippen molar-refractivity contribution in [3.05, 3.63) is 0 Å². The molecule has 1 aliphatic rings. The summed E-state index contributed by atoms with van der Waals surface area (Å²) in [6, 6.07) is 0. The van der Waals surface area contributed by atoms with Gasteiger partial charge in [-0.2, -0.15) is 0 Å². The quantitative estimate of drug-likeness (QED) is 0.270. The summed E-state index contributed by atoms with van der Waals surface area (Å²) in [5.41, 5.74) is 0. The summed E-state index contributed by atoms with van der Waals surface area (Å²) in [6.07, 6.45) is -2.20. The van der Waals surface area contributed by atoms with Gasteiger partial charge >= 0.3 is 11.9 Å². The van der Waals surface area contributed by atoms with Crippen LogP contribution in [0.3, 0.4) is 0 Å². The molecular formula is C16H29IO6Si. The molecule has 1 saturated heterocycles. The molecule has 1 heterocycles. The van der Waals surface area contributed by atoms with Crippen molar-refractivity contribution in [2.45, 2.75) is 88.2 Å². The lowest BCUT2D eigenvalue weighted by Gasteiger charge is -2.46. The van der Waals surface area contributed by atoms with Crippen LogP contribution in [0, 0.1) is 0 Å². The van der Waals surface area contributed by atoms with Crippen LogP contribution in [0.5, 0.6) is 0 Å². The van der Waals surface area contributed by atoms with Crippen molar-refractivity contribution in [1.29, 1.82) is 0 Å². The molecule has 6 nitrogen and oxygen atoms in total. The first-order valence-corrected chi connectivity index (χ1v) is 12.2. The van der Waals surface area contributed by atoms with Crippen LogP contribution in [-0.4, -0.2) is 48.8 Å². The molecule has 0 amide bonds. The van der Waals surface area contributed by atoms with Crippen LogP contribution in [0.25, 0.3) is 0 Å². The van der Waals surface area contributed by atoms with Gasteiger partial charge in [-0.15, -0.1) is 0 Å². The Balaban J connectivity index is 3.03. The van der Waals surface area contributed by atoms with E-state index >= 15 is 0 Å². The van der Waals surface area contributed by atoms with E-state index in [-0.39, 0.29) is 8.96 Å². The van der Waals surface area contributed by atoms with E-state index in [0.717, 1.165) is 0 Å². The van der Waals surface area contributed by atoms with Crippen LogP contribution in [0.1, 0.15) is 41.5 Å². The van der Waals surface area contributed by atoms with Crippen molar-refractivity contribution < 1.29 is 28.2 Å². The highest BCUT2D eigenvalue weighted by Gasteiger charge is 2.50. The monoisotopic (exact) mass is 472 g/mol. The van der Waals surface area contributed by atoms with Crippen molar-refractivity contribution in [2.75, 3.05) is 0 Å². The maximum atomic E-state index is 11.5. The van der Waals surface area contributed by atoms with Crippen LogP contribution >= 0.6 is 22.6 Å². The molecule has 140 valence electrons. The molecule has 5 atom stereocenters. The number of hydrogen-bond acceptors (Lipinski definition) is 6. The van der Waals surface area contributed by atoms with E-state index in [1.807, 2.05) is 0 Å². The van der Waals surface area contributed by atoms with Crippen LogP contribution in [0.4, 0.5) is 0 Å². The Morgan fingerprint density at radius 2 is 1.50 bits per heavy atom. The molecule has 8 heteroatoms. The lowest BCUT2D eigenvalue weighted by molar-refractivity contribution is -0.230. The van der Waals surface area contributed by atoms with Gasteiger partial charge in [-0.3, -0.25) is 9.59 Å². The number of carbonyl (C=O) groups is 2. The van der Waals surface area contributed by atoms with Crippen molar-refractivity contribution in [3.8, 4) is 0 Å². The van der Waals surface area contributed by atoms with Crippen LogP contribution in [0.2, 0.25) is 18.1 Å². The predicted molar refractivity (Wildman–Crippen MR) is 102 cm³/mol. The standard InChI is InChI=1S/C16H29IO6Si/c1-9-13(21-10(2)18)14(22-11(3)19)12(17)15(20-9)23-24(7,8)16(4,5)6/h9,12-15H,1-8H3/t9-,12+,13-,14-,15+/m0/s1. The molecule has 0 radical (unpaired) electrons. The Bertz CT molecular complexity index is 476. The van der Waals surface area contributed by atoms with Crippen LogP contribution in [0.15, 0.2) is 0 Å². The van der Waals surface area contributed by atoms with Gasteiger partial charge in [0.2, 0.25) is 0 Å². The Morgan fingerprint density at radius 1 is 1.04 bits per heavy atom. The van der Waals surface area contributed by atoms with Crippen molar-refractivity contribution in [2.24, 2.45) is 0 Å². The second-order valence-corrected chi connectivity index (χ2v) is 13.9. The Morgan fingerprint density at radius 3 is 1.92 bits per heavy atom. The van der Waals surface area contributed by atoms with Gasteiger partial charge in [0.15, 0.2) is 26.8 Å². The van der Waals surface area contributed by atoms with Gasteiger partial charge in [0, 0.05) is 13.8 Å². The summed E-state index contributed by atoms with van der Waals surface area (Å²) >= 11 is 2.16. The van der Waals surface area contributed by atoms with E-state index in [0.29, 0.717) is 0 Å². The zero-order valence-electron chi connectivity index (χ0n) is 15.7. The second-order valence-electron chi connectivity index (χ2n) is 7.68. The third kappa shape index (κ3) is 5.40. The number of alkyl halides is 1. The molecule has 0 aliphatic carbocycles. The summed E-state index contributed by atoms with van der Waals surface area (Å²) in [4.78, 5) is 22.9. The Kier molecular flexibility index (Phi) is 7.29. The average molecular weight is 472 g/mol. The van der Waals surface area contributed by atoms with Crippen molar-refractivity contribution >= 4 is 42.8 Å². The molecule has 0 spiro atoms. The number of hydrogen-bond donors (Lipinski definition) is 0. The molecule has 0 aromatic carbocycles. The third-order valence-electron chi connectivity index (χ3n) is 4.53. The molecular weight excluding hydrogens is 443 g/mol. The maximum Gasteiger partial charge on any atom is 0.303 e. The molecule has 1 aliphatic heterocycles. The van der Waals surface area contributed by atoms with Gasteiger partial charge in [0.25, 0.3) is 0 Å². The highest BCUT2D eigenvalue weighted by molar-refractivity contribution is 14.1. The highest BCUT2D eigenvalue weighted by atomic mass is 127. The normalized spacial score (nSPS) is 31.5. The first-order chi connectivity index (χ1) is 10.8. The number of carbonyl (C=O) groups excluding carboxylic acids is 2. The number of esters is 2. The molecule has 1 rings (SSSR count). The van der Waals surface area contributed by atoms with E-state index < -0.39 is 44.9 Å². The molecule has 0 bridgehead atoms. The second kappa shape index (κ2) is 8.01. The summed E-state index contributed by atoms with van der Waals surface area (Å²) in [7, 11) is -2.07. The summed E-state index contributed by atoms with van der Waals surface area (Å²) in [6.45, 7) is 15.2. The minimum Gasteiger partial charge on any atom is -0.457 e. The highest BCUT2D eigenvalue weighted by Crippen LogP contribution is 2.40. The first-order valence-electron chi connectivity index (χ1n) is 8.08. The number of ether oxygens (including phenoxy) is 3. The van der Waals surface area contributed by atoms with Gasteiger partial charge < -0.3 is 18.6 Å². The lowest BCUT2D eigenvalue weighted by atomic mass is 10.0. The molecule has 0 N–H and O–H groups in total. The summed E-state index contributed by atoms with van der Waals surface area (Å²) < 4.78 is 22.9. The fourth-order valence-corrected chi connectivity index (χ4v) is 4.49. The summed E-state index contributed by atoms with van der Waals surface area (Å²) in [5.74, 6) is -0.848. The molecule has 0 aromatic rings. The van der Waals surface area contributed by atoms with Gasteiger partial charge in [-0.25, -0.2) is 0 Å². The van der Waals surface area contributed by atoms with Gasteiger partial charge in [-0.1, -0.05) is 43.4 Å². The zero-order valence-corrected chi connectivity index (χ0v) is 18.9. The molecule has 1 fully saturated rings. The van der Waals surface area contributed by atoms with Crippen LogP contribution < -0.4 is 0 Å². The molecule has 24 heavy (non-hydrogen) atoms. The fourth-order valence-electron chi connectivity index (χ4n) is 2.21. The fraction of sp³-hybridized carbons (Fsp3) is 0.875. The largest absolute Gasteiger partial charge is 0.457 e. The minimum absolute atomic E-state index is 0.0274. The average Bonchev–Trinajstić information content (AvgIpc) is 2.37. The number of rotatable bonds is 4. The minimum atomic E-state index is -2.07. The van der Waals surface area contributed by atoms with Crippen molar-refractivity contribution in [1.82, 2.24) is 0 Å². The lowest BCUT2D eigenvalue weighted by Crippen LogP contribution is -2.60. The Labute approximate surface area is 159 Å². The van der Waals surface area contributed by atoms with Gasteiger partial charge in [0.05, 0.1) is 6.10 Å². The molecule has 0 unspecified atom stereocenters. The van der Waals surface area contributed by atoms with Gasteiger partial charge in [-0.05, 0) is 25.1 Å². The van der Waals surface area contributed by atoms with E-state index in [2.05, 4.69) is 56.5 Å².